The molecule has 0 saturated carbocycles. The summed E-state index contributed by atoms with van der Waals surface area (Å²) in [6.45, 7) is 0.291. The first-order valence-electron chi connectivity index (χ1n) is 12.5. The van der Waals surface area contributed by atoms with Crippen molar-refractivity contribution < 1.29 is 29.0 Å². The van der Waals surface area contributed by atoms with E-state index in [-0.39, 0.29) is 23.4 Å². The van der Waals surface area contributed by atoms with Crippen molar-refractivity contribution in [3.63, 3.8) is 0 Å². The molecular weight excluding hydrogens is 499 g/mol. The predicted molar refractivity (Wildman–Crippen MR) is 147 cm³/mol. The van der Waals surface area contributed by atoms with Gasteiger partial charge in [-0.15, -0.1) is 0 Å². The SMILES string of the molecule is O=C(c1ccccc1)c1ccc(O)c(O[C@@H]2CCO[C@H](CP(=O)(c3ccccc3)c3ccccc3)[C@H]2O)c1. The Kier molecular flexibility index (Phi) is 7.75. The third-order valence-electron chi connectivity index (χ3n) is 6.82. The first kappa shape index (κ1) is 25.9. The molecule has 1 aliphatic rings. The minimum atomic E-state index is -3.14. The molecule has 0 spiro atoms. The number of ketones is 1. The van der Waals surface area contributed by atoms with Crippen LogP contribution in [0.15, 0.2) is 109 Å². The van der Waals surface area contributed by atoms with Crippen LogP contribution in [0.2, 0.25) is 0 Å². The molecule has 6 nitrogen and oxygen atoms in total. The lowest BCUT2D eigenvalue weighted by Crippen LogP contribution is -2.49. The fourth-order valence-corrected chi connectivity index (χ4v) is 7.61. The van der Waals surface area contributed by atoms with Gasteiger partial charge < -0.3 is 24.3 Å². The average Bonchev–Trinajstić information content (AvgIpc) is 2.97. The second kappa shape index (κ2) is 11.4. The fraction of sp³-hybridized carbons (Fsp3) is 0.194. The van der Waals surface area contributed by atoms with Crippen molar-refractivity contribution in [1.29, 1.82) is 0 Å². The van der Waals surface area contributed by atoms with Gasteiger partial charge in [0.25, 0.3) is 0 Å². The van der Waals surface area contributed by atoms with E-state index in [1.807, 2.05) is 66.7 Å². The smallest absolute Gasteiger partial charge is 0.193 e. The second-order valence-corrected chi connectivity index (χ2v) is 12.2. The van der Waals surface area contributed by atoms with Gasteiger partial charge in [-0.1, -0.05) is 91.0 Å². The maximum Gasteiger partial charge on any atom is 0.193 e. The molecule has 4 aromatic carbocycles. The summed E-state index contributed by atoms with van der Waals surface area (Å²) in [7, 11) is -3.14. The van der Waals surface area contributed by atoms with E-state index in [0.29, 0.717) is 34.8 Å². The van der Waals surface area contributed by atoms with Crippen molar-refractivity contribution in [1.82, 2.24) is 0 Å². The molecule has 2 N–H and O–H groups in total. The Bertz CT molecular complexity index is 1380. The lowest BCUT2D eigenvalue weighted by molar-refractivity contribution is -0.117. The molecule has 4 aromatic rings. The molecule has 1 saturated heterocycles. The Balaban J connectivity index is 1.38. The van der Waals surface area contributed by atoms with Crippen LogP contribution in [-0.2, 0) is 9.30 Å². The number of hydrogen-bond acceptors (Lipinski definition) is 6. The number of aromatic hydroxyl groups is 1. The largest absolute Gasteiger partial charge is 0.504 e. The van der Waals surface area contributed by atoms with E-state index < -0.39 is 25.5 Å². The fourth-order valence-electron chi connectivity index (χ4n) is 4.75. The highest BCUT2D eigenvalue weighted by molar-refractivity contribution is 7.78. The maximum atomic E-state index is 14.5. The van der Waals surface area contributed by atoms with Crippen molar-refractivity contribution >= 4 is 23.5 Å². The number of rotatable bonds is 8. The molecule has 5 rings (SSSR count). The summed E-state index contributed by atoms with van der Waals surface area (Å²) < 4.78 is 26.5. The molecule has 1 heterocycles. The van der Waals surface area contributed by atoms with Gasteiger partial charge in [-0.05, 0) is 18.2 Å². The Labute approximate surface area is 221 Å². The summed E-state index contributed by atoms with van der Waals surface area (Å²) in [5, 5.41) is 23.1. The molecule has 0 aliphatic carbocycles. The van der Waals surface area contributed by atoms with Gasteiger partial charge in [-0.25, -0.2) is 0 Å². The number of benzene rings is 4. The van der Waals surface area contributed by atoms with Crippen LogP contribution in [0.3, 0.4) is 0 Å². The van der Waals surface area contributed by atoms with Crippen molar-refractivity contribution in [2.45, 2.75) is 24.7 Å². The zero-order chi connectivity index (χ0) is 26.5. The molecule has 0 aromatic heterocycles. The number of carbonyl (C=O) groups excluding carboxylic acids is 1. The molecule has 0 amide bonds. The third-order valence-corrected chi connectivity index (χ3v) is 9.95. The summed E-state index contributed by atoms with van der Waals surface area (Å²) in [4.78, 5) is 12.9. The van der Waals surface area contributed by atoms with Crippen molar-refractivity contribution in [2.24, 2.45) is 0 Å². The van der Waals surface area contributed by atoms with Gasteiger partial charge in [0, 0.05) is 34.3 Å². The molecule has 0 radical (unpaired) electrons. The monoisotopic (exact) mass is 528 g/mol. The zero-order valence-electron chi connectivity index (χ0n) is 20.7. The molecule has 194 valence electrons. The first-order chi connectivity index (χ1) is 18.5. The van der Waals surface area contributed by atoms with E-state index in [0.717, 1.165) is 0 Å². The van der Waals surface area contributed by atoms with Crippen LogP contribution < -0.4 is 15.3 Å². The van der Waals surface area contributed by atoms with Crippen LogP contribution in [-0.4, -0.2) is 47.1 Å². The Hall–Kier alpha value is -3.70. The number of phenols is 1. The summed E-state index contributed by atoms with van der Waals surface area (Å²) in [6, 6.07) is 31.8. The van der Waals surface area contributed by atoms with Crippen molar-refractivity contribution in [2.75, 3.05) is 12.8 Å². The summed E-state index contributed by atoms with van der Waals surface area (Å²) in [6.07, 6.45) is -2.11. The van der Waals surface area contributed by atoms with E-state index in [4.69, 9.17) is 9.47 Å². The summed E-state index contributed by atoms with van der Waals surface area (Å²) in [5.74, 6) is -0.234. The minimum Gasteiger partial charge on any atom is -0.504 e. The minimum absolute atomic E-state index is 0.0978. The number of aliphatic hydroxyl groups is 1. The van der Waals surface area contributed by atoms with Crippen LogP contribution >= 0.6 is 7.14 Å². The van der Waals surface area contributed by atoms with E-state index in [9.17, 15) is 19.6 Å². The number of aliphatic hydroxyl groups excluding tert-OH is 1. The van der Waals surface area contributed by atoms with Gasteiger partial charge in [0.1, 0.15) is 19.3 Å². The van der Waals surface area contributed by atoms with E-state index in [1.165, 1.54) is 18.2 Å². The predicted octanol–water partition coefficient (Wildman–Crippen LogP) is 4.53. The lowest BCUT2D eigenvalue weighted by atomic mass is 10.0. The Morgan fingerprint density at radius 1 is 0.842 bits per heavy atom. The zero-order valence-corrected chi connectivity index (χ0v) is 21.6. The highest BCUT2D eigenvalue weighted by atomic mass is 31.2. The van der Waals surface area contributed by atoms with Crippen molar-refractivity contribution in [3.05, 3.63) is 120 Å². The number of phenolic OH excluding ortho intramolecular Hbond substituents is 1. The van der Waals surface area contributed by atoms with Gasteiger partial charge >= 0.3 is 0 Å². The molecule has 7 heteroatoms. The maximum absolute atomic E-state index is 14.5. The van der Waals surface area contributed by atoms with Crippen LogP contribution in [0.5, 0.6) is 11.5 Å². The molecule has 1 fully saturated rings. The molecule has 3 atom stereocenters. The molecule has 0 bridgehead atoms. The summed E-state index contributed by atoms with van der Waals surface area (Å²) >= 11 is 0. The Morgan fingerprint density at radius 2 is 1.42 bits per heavy atom. The quantitative estimate of drug-likeness (QED) is 0.258. The van der Waals surface area contributed by atoms with Crippen LogP contribution in [0.25, 0.3) is 0 Å². The number of hydrogen-bond donors (Lipinski definition) is 2. The van der Waals surface area contributed by atoms with E-state index in [1.54, 1.807) is 24.3 Å². The van der Waals surface area contributed by atoms with Crippen LogP contribution in [0, 0.1) is 0 Å². The number of ether oxygens (including phenoxy) is 2. The first-order valence-corrected chi connectivity index (χ1v) is 14.4. The van der Waals surface area contributed by atoms with Gasteiger partial charge in [0.05, 0.1) is 12.7 Å². The van der Waals surface area contributed by atoms with Gasteiger partial charge in [-0.3, -0.25) is 4.79 Å². The van der Waals surface area contributed by atoms with Crippen LogP contribution in [0.4, 0.5) is 0 Å². The second-order valence-electron chi connectivity index (χ2n) is 9.32. The highest BCUT2D eigenvalue weighted by Crippen LogP contribution is 2.45. The molecule has 1 aliphatic heterocycles. The van der Waals surface area contributed by atoms with E-state index >= 15 is 0 Å². The van der Waals surface area contributed by atoms with Gasteiger partial charge in [0.2, 0.25) is 0 Å². The third kappa shape index (κ3) is 5.44. The number of carbonyl (C=O) groups is 1. The highest BCUT2D eigenvalue weighted by Gasteiger charge is 2.40. The lowest BCUT2D eigenvalue weighted by Gasteiger charge is -2.36. The normalized spacial score (nSPS) is 19.6. The van der Waals surface area contributed by atoms with Gasteiger partial charge in [-0.2, -0.15) is 0 Å². The topological polar surface area (TPSA) is 93.1 Å². The average molecular weight is 529 g/mol. The Morgan fingerprint density at radius 3 is 2.03 bits per heavy atom. The van der Waals surface area contributed by atoms with Gasteiger partial charge in [0.15, 0.2) is 17.3 Å². The van der Waals surface area contributed by atoms with Crippen LogP contribution in [0.1, 0.15) is 22.3 Å². The summed E-state index contributed by atoms with van der Waals surface area (Å²) in [5.41, 5.74) is 0.882. The van der Waals surface area contributed by atoms with E-state index in [2.05, 4.69) is 0 Å². The van der Waals surface area contributed by atoms with Crippen molar-refractivity contribution in [3.8, 4) is 11.5 Å². The molecule has 38 heavy (non-hydrogen) atoms. The molecule has 0 unspecified atom stereocenters. The standard InChI is InChI=1S/C31H29O6P/c32-26-17-16-23(30(33)22-10-4-1-5-11-22)20-28(26)37-27-18-19-36-29(31(27)34)21-38(35,24-12-6-2-7-13-24)25-14-8-3-9-15-25/h1-17,20,27,29,31-32,34H,18-19,21H2/t27-,29-,31+/m1/s1. The molecular formula is C31H29O6P.